The van der Waals surface area contributed by atoms with Crippen LogP contribution in [-0.4, -0.2) is 49.6 Å². The molecule has 1 aliphatic rings. The van der Waals surface area contributed by atoms with Gasteiger partial charge in [0.1, 0.15) is 11.5 Å². The predicted molar refractivity (Wildman–Crippen MR) is 82.7 cm³/mol. The van der Waals surface area contributed by atoms with Crippen LogP contribution in [0.25, 0.3) is 0 Å². The van der Waals surface area contributed by atoms with E-state index in [1.165, 1.54) is 5.56 Å². The van der Waals surface area contributed by atoms with E-state index >= 15 is 0 Å². The summed E-state index contributed by atoms with van der Waals surface area (Å²) in [6, 6.07) is 2.85. The molecule has 1 aromatic heterocycles. The van der Waals surface area contributed by atoms with Crippen molar-refractivity contribution in [2.45, 2.75) is 39.9 Å². The molecule has 4 nitrogen and oxygen atoms in total. The van der Waals surface area contributed by atoms with Gasteiger partial charge in [-0.05, 0) is 45.1 Å². The van der Waals surface area contributed by atoms with E-state index in [-0.39, 0.29) is 0 Å². The van der Waals surface area contributed by atoms with Crippen molar-refractivity contribution in [3.63, 3.8) is 0 Å². The second-order valence-electron chi connectivity index (χ2n) is 6.30. The van der Waals surface area contributed by atoms with Crippen molar-refractivity contribution in [3.8, 4) is 0 Å². The van der Waals surface area contributed by atoms with Gasteiger partial charge in [0.2, 0.25) is 0 Å². The number of aryl methyl sites for hydroxylation is 1. The Balaban J connectivity index is 1.94. The number of rotatable bonds is 6. The van der Waals surface area contributed by atoms with Gasteiger partial charge >= 0.3 is 0 Å². The lowest BCUT2D eigenvalue weighted by molar-refractivity contribution is 0.242. The molecule has 1 fully saturated rings. The van der Waals surface area contributed by atoms with E-state index in [9.17, 15) is 0 Å². The minimum absolute atomic E-state index is 0.660. The van der Waals surface area contributed by atoms with Crippen LogP contribution in [0, 0.1) is 12.8 Å². The van der Waals surface area contributed by atoms with Gasteiger partial charge in [-0.15, -0.1) is 0 Å². The van der Waals surface area contributed by atoms with Gasteiger partial charge in [0.25, 0.3) is 0 Å². The third kappa shape index (κ3) is 3.62. The van der Waals surface area contributed by atoms with E-state index in [4.69, 9.17) is 4.42 Å². The number of nitrogens with one attached hydrogen (secondary N) is 1. The molecule has 1 N–H and O–H groups in total. The quantitative estimate of drug-likeness (QED) is 0.864. The molecule has 0 bridgehead atoms. The van der Waals surface area contributed by atoms with Crippen LogP contribution < -0.4 is 5.32 Å². The lowest BCUT2D eigenvalue weighted by atomic mass is 10.1. The second-order valence-corrected chi connectivity index (χ2v) is 6.30. The summed E-state index contributed by atoms with van der Waals surface area (Å²) >= 11 is 0. The molecular formula is C16H29N3O. The van der Waals surface area contributed by atoms with E-state index < -0.39 is 0 Å². The minimum Gasteiger partial charge on any atom is -0.463 e. The normalized spacial score (nSPS) is 23.9. The summed E-state index contributed by atoms with van der Waals surface area (Å²) in [5, 5.41) is 3.33. The van der Waals surface area contributed by atoms with Crippen molar-refractivity contribution in [2.24, 2.45) is 5.92 Å². The summed E-state index contributed by atoms with van der Waals surface area (Å²) in [5.74, 6) is 2.91. The monoisotopic (exact) mass is 279 g/mol. The molecule has 2 atom stereocenters. The standard InChI is InChI=1S/C16H29N3O/c1-6-17-8-16-12(2)7-14(20-16)10-19-9-13(3)15(11-19)18(4)5/h7,13,15,17H,6,8-11H2,1-5H3. The molecule has 0 aromatic carbocycles. The summed E-state index contributed by atoms with van der Waals surface area (Å²) in [6.07, 6.45) is 0. The van der Waals surface area contributed by atoms with Crippen molar-refractivity contribution in [3.05, 3.63) is 23.2 Å². The van der Waals surface area contributed by atoms with Crippen LogP contribution in [0.2, 0.25) is 0 Å². The van der Waals surface area contributed by atoms with Crippen LogP contribution in [0.4, 0.5) is 0 Å². The lowest BCUT2D eigenvalue weighted by Gasteiger charge is -2.22. The Bertz CT molecular complexity index is 427. The fraction of sp³-hybridized carbons (Fsp3) is 0.750. The molecule has 0 aliphatic carbocycles. The Morgan fingerprint density at radius 2 is 2.15 bits per heavy atom. The average Bonchev–Trinajstić information content (AvgIpc) is 2.90. The number of hydrogen-bond acceptors (Lipinski definition) is 4. The third-order valence-electron chi connectivity index (χ3n) is 4.30. The molecule has 20 heavy (non-hydrogen) atoms. The van der Waals surface area contributed by atoms with E-state index in [1.54, 1.807) is 0 Å². The predicted octanol–water partition coefficient (Wildman–Crippen LogP) is 2.08. The van der Waals surface area contributed by atoms with Gasteiger partial charge in [0.05, 0.1) is 13.1 Å². The van der Waals surface area contributed by atoms with Crippen molar-refractivity contribution in [2.75, 3.05) is 33.7 Å². The van der Waals surface area contributed by atoms with Crippen LogP contribution in [0.1, 0.15) is 30.9 Å². The zero-order valence-corrected chi connectivity index (χ0v) is 13.6. The van der Waals surface area contributed by atoms with Gasteiger partial charge < -0.3 is 14.6 Å². The fourth-order valence-corrected chi connectivity index (χ4v) is 3.15. The molecule has 2 rings (SSSR count). The maximum atomic E-state index is 5.99. The van der Waals surface area contributed by atoms with Crippen LogP contribution >= 0.6 is 0 Å². The Labute approximate surface area is 123 Å². The van der Waals surface area contributed by atoms with Crippen LogP contribution in [0.15, 0.2) is 10.5 Å². The third-order valence-corrected chi connectivity index (χ3v) is 4.30. The van der Waals surface area contributed by atoms with E-state index in [0.717, 1.165) is 50.2 Å². The number of likely N-dealkylation sites (tertiary alicyclic amines) is 1. The summed E-state index contributed by atoms with van der Waals surface area (Å²) < 4.78 is 5.99. The molecule has 0 amide bonds. The highest BCUT2D eigenvalue weighted by Crippen LogP contribution is 2.23. The van der Waals surface area contributed by atoms with Crippen molar-refractivity contribution in [1.82, 2.24) is 15.1 Å². The van der Waals surface area contributed by atoms with E-state index in [0.29, 0.717) is 6.04 Å². The number of nitrogens with zero attached hydrogens (tertiary/aromatic N) is 2. The molecule has 2 unspecified atom stereocenters. The Morgan fingerprint density at radius 1 is 1.40 bits per heavy atom. The van der Waals surface area contributed by atoms with Gasteiger partial charge in [0, 0.05) is 19.1 Å². The van der Waals surface area contributed by atoms with Crippen LogP contribution in [0.5, 0.6) is 0 Å². The fourth-order valence-electron chi connectivity index (χ4n) is 3.15. The summed E-state index contributed by atoms with van der Waals surface area (Å²) in [5.41, 5.74) is 1.26. The van der Waals surface area contributed by atoms with Crippen molar-refractivity contribution in [1.29, 1.82) is 0 Å². The van der Waals surface area contributed by atoms with E-state index in [1.807, 2.05) is 0 Å². The number of likely N-dealkylation sites (N-methyl/N-ethyl adjacent to an activating group) is 1. The Hall–Kier alpha value is -0.840. The maximum absolute atomic E-state index is 5.99. The molecule has 0 radical (unpaired) electrons. The van der Waals surface area contributed by atoms with E-state index in [2.05, 4.69) is 56.0 Å². The zero-order chi connectivity index (χ0) is 14.7. The van der Waals surface area contributed by atoms with Gasteiger partial charge in [-0.2, -0.15) is 0 Å². The zero-order valence-electron chi connectivity index (χ0n) is 13.6. The van der Waals surface area contributed by atoms with Gasteiger partial charge in [0.15, 0.2) is 0 Å². The lowest BCUT2D eigenvalue weighted by Crippen LogP contribution is -2.34. The molecule has 2 heterocycles. The summed E-state index contributed by atoms with van der Waals surface area (Å²) in [7, 11) is 4.35. The number of furan rings is 1. The van der Waals surface area contributed by atoms with Gasteiger partial charge in [-0.3, -0.25) is 4.90 Å². The Morgan fingerprint density at radius 3 is 2.75 bits per heavy atom. The average molecular weight is 279 g/mol. The first-order valence-corrected chi connectivity index (χ1v) is 7.69. The Kier molecular flexibility index (Phi) is 5.24. The van der Waals surface area contributed by atoms with Crippen LogP contribution in [-0.2, 0) is 13.1 Å². The molecule has 4 heteroatoms. The molecule has 1 aromatic rings. The molecule has 0 saturated carbocycles. The first-order chi connectivity index (χ1) is 9.51. The smallest absolute Gasteiger partial charge is 0.120 e. The minimum atomic E-state index is 0.660. The maximum Gasteiger partial charge on any atom is 0.120 e. The highest BCUT2D eigenvalue weighted by Gasteiger charge is 2.31. The van der Waals surface area contributed by atoms with Gasteiger partial charge in [-0.1, -0.05) is 13.8 Å². The van der Waals surface area contributed by atoms with Crippen molar-refractivity contribution < 1.29 is 4.42 Å². The van der Waals surface area contributed by atoms with Crippen LogP contribution in [0.3, 0.4) is 0 Å². The second kappa shape index (κ2) is 6.74. The molecule has 114 valence electrons. The highest BCUT2D eigenvalue weighted by molar-refractivity contribution is 5.20. The summed E-state index contributed by atoms with van der Waals surface area (Å²) in [6.45, 7) is 11.6. The molecule has 1 aliphatic heterocycles. The number of hydrogen-bond donors (Lipinski definition) is 1. The first-order valence-electron chi connectivity index (χ1n) is 7.69. The van der Waals surface area contributed by atoms with Gasteiger partial charge in [-0.25, -0.2) is 0 Å². The largest absolute Gasteiger partial charge is 0.463 e. The molecule has 0 spiro atoms. The first kappa shape index (κ1) is 15.5. The van der Waals surface area contributed by atoms with Crippen molar-refractivity contribution >= 4 is 0 Å². The SMILES string of the molecule is CCNCc1oc(CN2CC(C)C(N(C)C)C2)cc1C. The topological polar surface area (TPSA) is 31.7 Å². The molecular weight excluding hydrogens is 250 g/mol. The highest BCUT2D eigenvalue weighted by atomic mass is 16.3. The molecule has 1 saturated heterocycles. The summed E-state index contributed by atoms with van der Waals surface area (Å²) in [4.78, 5) is 4.85.